The van der Waals surface area contributed by atoms with Gasteiger partial charge in [0.05, 0.1) is 24.4 Å². The molecule has 152 valence electrons. The second-order valence-corrected chi connectivity index (χ2v) is 6.72. The second kappa shape index (κ2) is 10.1. The van der Waals surface area contributed by atoms with Crippen LogP contribution in [0.25, 0.3) is 6.08 Å². The summed E-state index contributed by atoms with van der Waals surface area (Å²) >= 11 is 0. The van der Waals surface area contributed by atoms with Crippen LogP contribution in [0.5, 0.6) is 5.75 Å². The Kier molecular flexibility index (Phi) is 7.00. The number of anilines is 1. The molecule has 3 aromatic carbocycles. The van der Waals surface area contributed by atoms with Crippen molar-refractivity contribution in [2.45, 2.75) is 13.0 Å². The van der Waals surface area contributed by atoms with Gasteiger partial charge in [-0.3, -0.25) is 9.59 Å². The molecule has 30 heavy (non-hydrogen) atoms. The highest BCUT2D eigenvalue weighted by molar-refractivity contribution is 6.07. The van der Waals surface area contributed by atoms with E-state index in [0.717, 1.165) is 11.1 Å². The summed E-state index contributed by atoms with van der Waals surface area (Å²) < 4.78 is 5.28. The zero-order valence-electron chi connectivity index (χ0n) is 17.0. The molecule has 2 amide bonds. The van der Waals surface area contributed by atoms with Crippen LogP contribution in [0.2, 0.25) is 0 Å². The minimum absolute atomic E-state index is 0.159. The van der Waals surface area contributed by atoms with Crippen molar-refractivity contribution < 1.29 is 14.3 Å². The largest absolute Gasteiger partial charge is 0.496 e. The van der Waals surface area contributed by atoms with E-state index in [1.165, 1.54) is 6.08 Å². The summed E-state index contributed by atoms with van der Waals surface area (Å²) in [7, 11) is 1.58. The average molecular weight is 400 g/mol. The minimum atomic E-state index is -0.336. The molecule has 0 fully saturated rings. The maximum atomic E-state index is 12.8. The Morgan fingerprint density at radius 2 is 1.57 bits per heavy atom. The highest BCUT2D eigenvalue weighted by Gasteiger charge is 2.15. The number of hydrogen-bond donors (Lipinski definition) is 2. The Morgan fingerprint density at radius 1 is 0.900 bits per heavy atom. The van der Waals surface area contributed by atoms with Crippen molar-refractivity contribution in [3.63, 3.8) is 0 Å². The van der Waals surface area contributed by atoms with Gasteiger partial charge in [0.25, 0.3) is 5.91 Å². The fourth-order valence-corrected chi connectivity index (χ4v) is 3.03. The van der Waals surface area contributed by atoms with Gasteiger partial charge < -0.3 is 15.4 Å². The van der Waals surface area contributed by atoms with Crippen LogP contribution in [0.1, 0.15) is 34.5 Å². The van der Waals surface area contributed by atoms with Crippen molar-refractivity contribution >= 4 is 23.6 Å². The van der Waals surface area contributed by atoms with E-state index in [1.54, 1.807) is 37.5 Å². The van der Waals surface area contributed by atoms with Crippen LogP contribution in [-0.2, 0) is 4.79 Å². The normalized spacial score (nSPS) is 11.7. The van der Waals surface area contributed by atoms with Gasteiger partial charge in [0.15, 0.2) is 0 Å². The Morgan fingerprint density at radius 3 is 2.33 bits per heavy atom. The van der Waals surface area contributed by atoms with Crippen LogP contribution in [-0.4, -0.2) is 18.9 Å². The van der Waals surface area contributed by atoms with E-state index in [-0.39, 0.29) is 17.9 Å². The van der Waals surface area contributed by atoms with Gasteiger partial charge in [-0.2, -0.15) is 0 Å². The van der Waals surface area contributed by atoms with E-state index >= 15 is 0 Å². The summed E-state index contributed by atoms with van der Waals surface area (Å²) in [6, 6.07) is 23.9. The Hall–Kier alpha value is -3.86. The fraction of sp³-hybridized carbons (Fsp3) is 0.120. The van der Waals surface area contributed by atoms with E-state index in [4.69, 9.17) is 4.74 Å². The first-order valence-electron chi connectivity index (χ1n) is 9.65. The SMILES string of the molecule is COc1ccccc1C=CC(=O)Nc1ccccc1C(=O)NC(C)c1ccccc1. The summed E-state index contributed by atoms with van der Waals surface area (Å²) in [5.74, 6) is 0.0875. The fourth-order valence-electron chi connectivity index (χ4n) is 3.03. The first-order chi connectivity index (χ1) is 14.6. The third kappa shape index (κ3) is 5.35. The third-order valence-electron chi connectivity index (χ3n) is 4.63. The molecule has 0 bridgehead atoms. The van der Waals surface area contributed by atoms with Gasteiger partial charge in [-0.05, 0) is 36.8 Å². The number of benzene rings is 3. The van der Waals surface area contributed by atoms with Crippen LogP contribution in [0, 0.1) is 0 Å². The lowest BCUT2D eigenvalue weighted by molar-refractivity contribution is -0.111. The van der Waals surface area contributed by atoms with Crippen molar-refractivity contribution in [1.82, 2.24) is 5.32 Å². The summed E-state index contributed by atoms with van der Waals surface area (Å²) in [5, 5.41) is 5.76. The number of carbonyl (C=O) groups excluding carboxylic acids is 2. The molecule has 1 atom stereocenters. The lowest BCUT2D eigenvalue weighted by atomic mass is 10.1. The van der Waals surface area contributed by atoms with Gasteiger partial charge in [0, 0.05) is 11.6 Å². The number of rotatable bonds is 7. The van der Waals surface area contributed by atoms with Gasteiger partial charge >= 0.3 is 0 Å². The summed E-state index contributed by atoms with van der Waals surface area (Å²) in [5.41, 5.74) is 2.65. The standard InChI is InChI=1S/C25H24N2O3/c1-18(19-10-4-3-5-11-19)26-25(29)21-13-7-8-14-22(21)27-24(28)17-16-20-12-6-9-15-23(20)30-2/h3-18H,1-2H3,(H,26,29)(H,27,28). The highest BCUT2D eigenvalue weighted by Crippen LogP contribution is 2.20. The predicted molar refractivity (Wildman–Crippen MR) is 119 cm³/mol. The first-order valence-corrected chi connectivity index (χ1v) is 9.65. The van der Waals surface area contributed by atoms with Crippen LogP contribution in [0.3, 0.4) is 0 Å². The number of para-hydroxylation sites is 2. The predicted octanol–water partition coefficient (Wildman–Crippen LogP) is 4.84. The number of nitrogens with one attached hydrogen (secondary N) is 2. The van der Waals surface area contributed by atoms with E-state index < -0.39 is 0 Å². The molecule has 1 unspecified atom stereocenters. The zero-order chi connectivity index (χ0) is 21.3. The molecule has 0 radical (unpaired) electrons. The number of hydrogen-bond acceptors (Lipinski definition) is 3. The molecular weight excluding hydrogens is 376 g/mol. The molecule has 2 N–H and O–H groups in total. The lowest BCUT2D eigenvalue weighted by Gasteiger charge is -2.16. The summed E-state index contributed by atoms with van der Waals surface area (Å²) in [6.45, 7) is 1.92. The van der Waals surface area contributed by atoms with Crippen LogP contribution >= 0.6 is 0 Å². The maximum absolute atomic E-state index is 12.8. The molecule has 0 saturated heterocycles. The van der Waals surface area contributed by atoms with E-state index in [9.17, 15) is 9.59 Å². The van der Waals surface area contributed by atoms with Gasteiger partial charge in [-0.25, -0.2) is 0 Å². The smallest absolute Gasteiger partial charge is 0.253 e. The van der Waals surface area contributed by atoms with Gasteiger partial charge in [0.2, 0.25) is 5.91 Å². The van der Waals surface area contributed by atoms with Crippen molar-refractivity contribution in [2.24, 2.45) is 0 Å². The summed E-state index contributed by atoms with van der Waals surface area (Å²) in [4.78, 5) is 25.2. The molecule has 0 spiro atoms. The molecule has 0 aliphatic rings. The number of carbonyl (C=O) groups is 2. The second-order valence-electron chi connectivity index (χ2n) is 6.72. The van der Waals surface area contributed by atoms with Gasteiger partial charge in [-0.1, -0.05) is 60.7 Å². The van der Waals surface area contributed by atoms with Crippen LogP contribution < -0.4 is 15.4 Å². The van der Waals surface area contributed by atoms with Crippen LogP contribution in [0.4, 0.5) is 5.69 Å². The van der Waals surface area contributed by atoms with Crippen molar-refractivity contribution in [2.75, 3.05) is 12.4 Å². The molecule has 5 nitrogen and oxygen atoms in total. The van der Waals surface area contributed by atoms with Gasteiger partial charge in [0.1, 0.15) is 5.75 Å². The lowest BCUT2D eigenvalue weighted by Crippen LogP contribution is -2.27. The molecule has 0 aliphatic carbocycles. The Bertz CT molecular complexity index is 1050. The molecule has 3 aromatic rings. The molecule has 0 heterocycles. The average Bonchev–Trinajstić information content (AvgIpc) is 2.78. The molecular formula is C25H24N2O3. The van der Waals surface area contributed by atoms with Crippen molar-refractivity contribution in [3.8, 4) is 5.75 Å². The number of amides is 2. The van der Waals surface area contributed by atoms with E-state index in [2.05, 4.69) is 10.6 Å². The van der Waals surface area contributed by atoms with E-state index in [1.807, 2.05) is 61.5 Å². The topological polar surface area (TPSA) is 67.4 Å². The maximum Gasteiger partial charge on any atom is 0.253 e. The number of ether oxygens (including phenoxy) is 1. The Balaban J connectivity index is 1.71. The molecule has 5 heteroatoms. The van der Waals surface area contributed by atoms with Crippen molar-refractivity contribution in [3.05, 3.63) is 102 Å². The van der Waals surface area contributed by atoms with Crippen LogP contribution in [0.15, 0.2) is 84.9 Å². The highest BCUT2D eigenvalue weighted by atomic mass is 16.5. The minimum Gasteiger partial charge on any atom is -0.496 e. The van der Waals surface area contributed by atoms with E-state index in [0.29, 0.717) is 17.0 Å². The quantitative estimate of drug-likeness (QED) is 0.558. The third-order valence-corrected chi connectivity index (χ3v) is 4.63. The number of methoxy groups -OCH3 is 1. The molecule has 0 aromatic heterocycles. The summed E-state index contributed by atoms with van der Waals surface area (Å²) in [6.07, 6.45) is 3.09. The van der Waals surface area contributed by atoms with Gasteiger partial charge in [-0.15, -0.1) is 0 Å². The zero-order valence-corrected chi connectivity index (χ0v) is 17.0. The molecule has 0 aliphatic heterocycles. The molecule has 0 saturated carbocycles. The monoisotopic (exact) mass is 400 g/mol. The van der Waals surface area contributed by atoms with Crippen molar-refractivity contribution in [1.29, 1.82) is 0 Å². The Labute approximate surface area is 176 Å². The molecule has 3 rings (SSSR count). The first kappa shape index (κ1) is 20.9.